The molecule has 4 aliphatic rings. The third kappa shape index (κ3) is 4.37. The average Bonchev–Trinajstić information content (AvgIpc) is 3.01. The van der Waals surface area contributed by atoms with E-state index in [0.29, 0.717) is 17.9 Å². The summed E-state index contributed by atoms with van der Waals surface area (Å²) in [7, 11) is 0. The summed E-state index contributed by atoms with van der Waals surface area (Å²) >= 11 is 0. The number of pyridine rings is 1. The molecular weight excluding hydrogens is 443 g/mol. The van der Waals surface area contributed by atoms with Crippen molar-refractivity contribution in [1.29, 1.82) is 0 Å². The van der Waals surface area contributed by atoms with Crippen LogP contribution < -0.4 is 5.32 Å². The molecule has 0 aliphatic carbocycles. The quantitative estimate of drug-likeness (QED) is 0.573. The first-order chi connectivity index (χ1) is 16.0. The Morgan fingerprint density at radius 3 is 2.79 bits per heavy atom. The van der Waals surface area contributed by atoms with E-state index in [9.17, 15) is 14.3 Å². The first-order valence-corrected chi connectivity index (χ1v) is 12.3. The van der Waals surface area contributed by atoms with E-state index in [1.807, 2.05) is 13.8 Å². The lowest BCUT2D eigenvalue weighted by atomic mass is 9.62. The number of fused-ring (bicyclic) bond motifs is 3. The smallest absolute Gasteiger partial charge is 0.220 e. The number of carbonyl (C=O) groups excluding carboxylic acids is 1. The zero-order chi connectivity index (χ0) is 24.7. The Kier molecular flexibility index (Phi) is 7.05. The van der Waals surface area contributed by atoms with Crippen LogP contribution in [0.5, 0.6) is 0 Å². The second kappa shape index (κ2) is 9.43. The van der Waals surface area contributed by atoms with Crippen molar-refractivity contribution in [1.82, 2.24) is 10.3 Å². The highest BCUT2D eigenvalue weighted by atomic mass is 19.1. The van der Waals surface area contributed by atoms with Crippen molar-refractivity contribution < 1.29 is 33.5 Å². The maximum absolute atomic E-state index is 13.8. The van der Waals surface area contributed by atoms with Crippen LogP contribution in [0.1, 0.15) is 72.3 Å². The van der Waals surface area contributed by atoms with E-state index >= 15 is 0 Å². The SMILES string of the molecule is CC[C@H]1[C@@H](C)[C@@](O)(CCC(=O)NCc2ccncc2F)O[C@@H]2O[C@]3(C)CC[C@@H](C(C)C)[C@]21OO3. The molecule has 34 heavy (non-hydrogen) atoms. The normalized spacial score (nSPS) is 39.5. The molecule has 5 heterocycles. The van der Waals surface area contributed by atoms with E-state index in [0.717, 1.165) is 19.0 Å². The van der Waals surface area contributed by atoms with Gasteiger partial charge < -0.3 is 19.9 Å². The maximum atomic E-state index is 13.8. The molecule has 5 rings (SSSR count). The fourth-order valence-electron chi connectivity index (χ4n) is 6.08. The van der Waals surface area contributed by atoms with E-state index in [1.165, 1.54) is 12.3 Å². The van der Waals surface area contributed by atoms with Crippen LogP contribution in [0.15, 0.2) is 18.5 Å². The highest BCUT2D eigenvalue weighted by Crippen LogP contribution is 2.59. The Labute approximate surface area is 200 Å². The van der Waals surface area contributed by atoms with Gasteiger partial charge in [-0.1, -0.05) is 27.7 Å². The maximum Gasteiger partial charge on any atom is 0.220 e. The van der Waals surface area contributed by atoms with Crippen LogP contribution in [0.3, 0.4) is 0 Å². The summed E-state index contributed by atoms with van der Waals surface area (Å²) in [5, 5.41) is 14.3. The number of halogens is 1. The Morgan fingerprint density at radius 2 is 2.12 bits per heavy atom. The number of hydrogen-bond donors (Lipinski definition) is 2. The van der Waals surface area contributed by atoms with Crippen LogP contribution in [-0.2, 0) is 30.6 Å². The first-order valence-electron chi connectivity index (χ1n) is 12.3. The minimum absolute atomic E-state index is 0.0198. The number of aliphatic hydroxyl groups is 1. The molecule has 4 fully saturated rings. The van der Waals surface area contributed by atoms with Gasteiger partial charge in [0.1, 0.15) is 5.82 Å². The Bertz CT molecular complexity index is 902. The number of aromatic nitrogens is 1. The summed E-state index contributed by atoms with van der Waals surface area (Å²) in [5.41, 5.74) is -0.489. The third-order valence-corrected chi connectivity index (χ3v) is 8.07. The van der Waals surface area contributed by atoms with Gasteiger partial charge in [0.05, 0.1) is 6.20 Å². The zero-order valence-corrected chi connectivity index (χ0v) is 20.7. The van der Waals surface area contributed by atoms with Gasteiger partial charge >= 0.3 is 0 Å². The number of ether oxygens (including phenoxy) is 2. The van der Waals surface area contributed by atoms with E-state index in [4.69, 9.17) is 19.2 Å². The Balaban J connectivity index is 1.50. The molecule has 4 saturated heterocycles. The number of carbonyl (C=O) groups is 1. The summed E-state index contributed by atoms with van der Waals surface area (Å²) in [5.74, 6) is -3.34. The number of rotatable bonds is 7. The number of nitrogens with one attached hydrogen (secondary N) is 1. The van der Waals surface area contributed by atoms with E-state index < -0.39 is 29.3 Å². The van der Waals surface area contributed by atoms with Gasteiger partial charge in [0.25, 0.3) is 0 Å². The molecule has 0 saturated carbocycles. The predicted octanol–water partition coefficient (Wildman–Crippen LogP) is 3.82. The highest BCUT2D eigenvalue weighted by Gasteiger charge is 2.69. The van der Waals surface area contributed by atoms with Crippen LogP contribution in [0.4, 0.5) is 4.39 Å². The fraction of sp³-hybridized carbons (Fsp3) is 0.760. The van der Waals surface area contributed by atoms with Crippen molar-refractivity contribution in [3.8, 4) is 0 Å². The van der Waals surface area contributed by atoms with Crippen molar-refractivity contribution in [3.05, 3.63) is 29.8 Å². The van der Waals surface area contributed by atoms with Crippen molar-refractivity contribution in [2.45, 2.75) is 96.7 Å². The standard InChI is InChI=1S/C25H37FN2O6/c1-6-18-16(4)24(30,11-8-21(29)28-13-17-9-12-27-14-20(17)26)32-22-25(18)19(15(2)3)7-10-23(5,31-22)33-34-25/h9,12,14-16,18-19,22,30H,6-8,10-11,13H2,1-5H3,(H,28,29)/t16-,18+,19+,22+,23+,24-,25+/m1/s1. The minimum atomic E-state index is -1.58. The van der Waals surface area contributed by atoms with Gasteiger partial charge in [0, 0.05) is 49.4 Å². The van der Waals surface area contributed by atoms with Crippen LogP contribution in [-0.4, -0.2) is 39.5 Å². The molecule has 7 atom stereocenters. The second-order valence-electron chi connectivity index (χ2n) is 10.5. The molecule has 2 bridgehead atoms. The molecule has 9 heteroatoms. The van der Waals surface area contributed by atoms with Crippen LogP contribution in [0.25, 0.3) is 0 Å². The summed E-state index contributed by atoms with van der Waals surface area (Å²) in [6.45, 7) is 10.2. The molecule has 190 valence electrons. The Hall–Kier alpha value is -1.65. The lowest BCUT2D eigenvalue weighted by Crippen LogP contribution is -2.71. The van der Waals surface area contributed by atoms with Gasteiger partial charge in [-0.2, -0.15) is 0 Å². The lowest BCUT2D eigenvalue weighted by molar-refractivity contribution is -0.583. The highest BCUT2D eigenvalue weighted by molar-refractivity contribution is 5.75. The zero-order valence-electron chi connectivity index (χ0n) is 20.7. The molecule has 2 N–H and O–H groups in total. The molecule has 0 aromatic carbocycles. The molecule has 1 aromatic heterocycles. The topological polar surface area (TPSA) is 99.1 Å². The van der Waals surface area contributed by atoms with E-state index in [2.05, 4.69) is 31.1 Å². The van der Waals surface area contributed by atoms with Gasteiger partial charge in [0.2, 0.25) is 11.7 Å². The number of amides is 1. The molecule has 8 nitrogen and oxygen atoms in total. The average molecular weight is 481 g/mol. The number of nitrogens with zero attached hydrogens (tertiary/aromatic N) is 1. The molecule has 1 spiro atoms. The summed E-state index contributed by atoms with van der Waals surface area (Å²) < 4.78 is 26.4. The minimum Gasteiger partial charge on any atom is -0.365 e. The fourth-order valence-corrected chi connectivity index (χ4v) is 6.08. The van der Waals surface area contributed by atoms with Crippen LogP contribution in [0.2, 0.25) is 0 Å². The second-order valence-corrected chi connectivity index (χ2v) is 10.5. The molecular formula is C25H37FN2O6. The third-order valence-electron chi connectivity index (χ3n) is 8.07. The summed E-state index contributed by atoms with van der Waals surface area (Å²) in [6, 6.07) is 1.52. The molecule has 0 radical (unpaired) electrons. The predicted molar refractivity (Wildman–Crippen MR) is 120 cm³/mol. The van der Waals surface area contributed by atoms with E-state index in [1.54, 1.807) is 0 Å². The summed E-state index contributed by atoms with van der Waals surface area (Å²) in [6.07, 6.45) is 4.12. The first kappa shape index (κ1) is 25.4. The van der Waals surface area contributed by atoms with Gasteiger partial charge in [-0.05, 0) is 37.7 Å². The monoisotopic (exact) mass is 480 g/mol. The Morgan fingerprint density at radius 1 is 1.35 bits per heavy atom. The van der Waals surface area contributed by atoms with Crippen molar-refractivity contribution in [2.75, 3.05) is 0 Å². The molecule has 1 amide bonds. The number of hydrogen-bond acceptors (Lipinski definition) is 7. The van der Waals surface area contributed by atoms with Gasteiger partial charge in [-0.25, -0.2) is 14.2 Å². The molecule has 1 aromatic rings. The van der Waals surface area contributed by atoms with Crippen molar-refractivity contribution in [2.24, 2.45) is 23.7 Å². The van der Waals surface area contributed by atoms with Crippen LogP contribution >= 0.6 is 0 Å². The van der Waals surface area contributed by atoms with Gasteiger partial charge in [-0.15, -0.1) is 0 Å². The van der Waals surface area contributed by atoms with Crippen molar-refractivity contribution in [3.63, 3.8) is 0 Å². The molecule has 4 aliphatic heterocycles. The summed E-state index contributed by atoms with van der Waals surface area (Å²) in [4.78, 5) is 28.2. The van der Waals surface area contributed by atoms with Crippen LogP contribution in [0, 0.1) is 29.5 Å². The van der Waals surface area contributed by atoms with E-state index in [-0.39, 0.29) is 43.0 Å². The van der Waals surface area contributed by atoms with Crippen molar-refractivity contribution >= 4 is 5.91 Å². The molecule has 0 unspecified atom stereocenters. The van der Waals surface area contributed by atoms with Gasteiger partial charge in [-0.3, -0.25) is 9.78 Å². The lowest BCUT2D eigenvalue weighted by Gasteiger charge is -2.60. The largest absolute Gasteiger partial charge is 0.365 e. The van der Waals surface area contributed by atoms with Gasteiger partial charge in [0.15, 0.2) is 17.7 Å².